The van der Waals surface area contributed by atoms with Gasteiger partial charge >= 0.3 is 0 Å². The second kappa shape index (κ2) is 13.6. The molecule has 204 valence electrons. The molecule has 0 radical (unpaired) electrons. The van der Waals surface area contributed by atoms with E-state index in [1.807, 2.05) is 24.3 Å². The van der Waals surface area contributed by atoms with E-state index in [4.69, 9.17) is 10.4 Å². The number of nitrogens with one attached hydrogen (secondary N) is 3. The Balaban J connectivity index is 0.000000162. The predicted octanol–water partition coefficient (Wildman–Crippen LogP) is 8.20. The lowest BCUT2D eigenvalue weighted by molar-refractivity contribution is 0.438. The molecule has 1 saturated heterocycles. The van der Waals surface area contributed by atoms with Crippen molar-refractivity contribution in [2.75, 3.05) is 25.5 Å². The summed E-state index contributed by atoms with van der Waals surface area (Å²) in [5, 5.41) is 15.0. The molecule has 5 heteroatoms. The van der Waals surface area contributed by atoms with E-state index < -0.39 is 0 Å². The number of anilines is 1. The van der Waals surface area contributed by atoms with Gasteiger partial charge in [0.05, 0.1) is 5.69 Å². The fourth-order valence-electron chi connectivity index (χ4n) is 5.35. The van der Waals surface area contributed by atoms with Gasteiger partial charge in [-0.1, -0.05) is 116 Å². The Morgan fingerprint density at radius 1 is 0.750 bits per heavy atom. The lowest BCUT2D eigenvalue weighted by Gasteiger charge is -2.24. The molecule has 1 aliphatic carbocycles. The van der Waals surface area contributed by atoms with Crippen LogP contribution in [-0.4, -0.2) is 36.8 Å². The first kappa shape index (κ1) is 27.2. The molecular formula is C35H39N5. The van der Waals surface area contributed by atoms with Gasteiger partial charge in [0, 0.05) is 42.9 Å². The lowest BCUT2D eigenvalue weighted by Crippen LogP contribution is -2.25. The van der Waals surface area contributed by atoms with Crippen LogP contribution in [0.25, 0.3) is 22.3 Å². The van der Waals surface area contributed by atoms with E-state index in [9.17, 15) is 0 Å². The molecule has 0 aromatic heterocycles. The minimum atomic E-state index is 0.405. The van der Waals surface area contributed by atoms with Gasteiger partial charge in [-0.3, -0.25) is 5.41 Å². The molecule has 0 spiro atoms. The zero-order valence-electron chi connectivity index (χ0n) is 23.3. The molecule has 2 aliphatic rings. The minimum absolute atomic E-state index is 0.405. The highest BCUT2D eigenvalue weighted by atomic mass is 15.3. The van der Waals surface area contributed by atoms with Crippen molar-refractivity contribution < 1.29 is 0 Å². The van der Waals surface area contributed by atoms with Crippen molar-refractivity contribution in [1.29, 1.82) is 5.41 Å². The topological polar surface area (TPSA) is 63.5 Å². The van der Waals surface area contributed by atoms with Gasteiger partial charge in [0.2, 0.25) is 0 Å². The van der Waals surface area contributed by atoms with Crippen molar-refractivity contribution in [2.24, 2.45) is 10.9 Å². The fourth-order valence-corrected chi connectivity index (χ4v) is 5.35. The number of hydrogen-bond donors (Lipinski definition) is 3. The monoisotopic (exact) mass is 529 g/mol. The van der Waals surface area contributed by atoms with Crippen molar-refractivity contribution in [1.82, 2.24) is 10.2 Å². The van der Waals surface area contributed by atoms with Crippen molar-refractivity contribution in [3.63, 3.8) is 0 Å². The summed E-state index contributed by atoms with van der Waals surface area (Å²) in [6.45, 7) is 1.97. The number of likely N-dealkylation sites (N-methyl/N-ethyl adjacent to an activating group) is 1. The van der Waals surface area contributed by atoms with Crippen LogP contribution in [0.2, 0.25) is 0 Å². The number of nitrogens with zero attached hydrogens (tertiary/aromatic N) is 2. The van der Waals surface area contributed by atoms with E-state index >= 15 is 0 Å². The van der Waals surface area contributed by atoms with E-state index in [-0.39, 0.29) is 0 Å². The second-order valence-corrected chi connectivity index (χ2v) is 10.5. The Labute approximate surface area is 238 Å². The smallest absolute Gasteiger partial charge is 0.199 e. The minimum Gasteiger partial charge on any atom is -0.354 e. The molecule has 4 aromatic rings. The first-order valence-electron chi connectivity index (χ1n) is 14.4. The Morgan fingerprint density at radius 3 is 1.98 bits per heavy atom. The molecule has 1 saturated carbocycles. The number of aliphatic imine (C=N–C) groups is 1. The summed E-state index contributed by atoms with van der Waals surface area (Å²) < 4.78 is 0. The molecule has 1 aliphatic heterocycles. The largest absolute Gasteiger partial charge is 0.354 e. The molecule has 0 atom stereocenters. The van der Waals surface area contributed by atoms with Gasteiger partial charge in [-0.05, 0) is 36.1 Å². The highest BCUT2D eigenvalue weighted by Crippen LogP contribution is 2.31. The van der Waals surface area contributed by atoms with Gasteiger partial charge in [0.1, 0.15) is 5.84 Å². The van der Waals surface area contributed by atoms with Crippen LogP contribution < -0.4 is 10.6 Å². The van der Waals surface area contributed by atoms with Gasteiger partial charge in [-0.15, -0.1) is 0 Å². The van der Waals surface area contributed by atoms with Crippen LogP contribution >= 0.6 is 0 Å². The third-order valence-electron chi connectivity index (χ3n) is 7.60. The Hall–Kier alpha value is -4.38. The van der Waals surface area contributed by atoms with Crippen LogP contribution in [-0.2, 0) is 0 Å². The molecular weight excluding hydrogens is 490 g/mol. The zero-order chi connectivity index (χ0) is 27.6. The SMILES string of the molecule is CN1CCN/C1=N/c1ccccc1-c1ccccc1.N=C(Nc1ccccc1-c1ccccc1)C1CCCCC1. The Bertz CT molecular complexity index is 1410. The average molecular weight is 530 g/mol. The quantitative estimate of drug-likeness (QED) is 0.180. The van der Waals surface area contributed by atoms with Gasteiger partial charge in [-0.25, -0.2) is 4.99 Å². The average Bonchev–Trinajstić information content (AvgIpc) is 3.43. The van der Waals surface area contributed by atoms with Gasteiger partial charge in [0.25, 0.3) is 0 Å². The van der Waals surface area contributed by atoms with Crippen LogP contribution in [0, 0.1) is 11.3 Å². The van der Waals surface area contributed by atoms with Crippen LogP contribution in [0.15, 0.2) is 114 Å². The molecule has 0 unspecified atom stereocenters. The fraction of sp³-hybridized carbons (Fsp3) is 0.257. The summed E-state index contributed by atoms with van der Waals surface area (Å²) in [6, 6.07) is 37.3. The van der Waals surface area contributed by atoms with Crippen molar-refractivity contribution in [2.45, 2.75) is 32.1 Å². The normalized spacial score (nSPS) is 16.1. The standard InChI is InChI=1S/C19H22N2.C16H17N3/c20-19(16-11-5-2-6-12-16)21-18-14-8-7-13-17(18)15-9-3-1-4-10-15;1-19-12-11-17-16(19)18-15-10-6-5-9-14(15)13-7-3-2-4-8-13/h1,3-4,7-10,13-14,16H,2,5-6,11-12H2,(H2,20,21);2-10H,11-12H2,1H3,(H,17,18). The van der Waals surface area contributed by atoms with E-state index in [1.165, 1.54) is 36.0 Å². The maximum Gasteiger partial charge on any atom is 0.199 e. The molecule has 5 nitrogen and oxygen atoms in total. The van der Waals surface area contributed by atoms with Gasteiger partial charge < -0.3 is 15.5 Å². The third-order valence-corrected chi connectivity index (χ3v) is 7.60. The van der Waals surface area contributed by atoms with E-state index in [1.54, 1.807) is 0 Å². The lowest BCUT2D eigenvalue weighted by atomic mass is 9.88. The number of guanidine groups is 1. The second-order valence-electron chi connectivity index (χ2n) is 10.5. The highest BCUT2D eigenvalue weighted by molar-refractivity contribution is 5.98. The first-order valence-corrected chi connectivity index (χ1v) is 14.4. The van der Waals surface area contributed by atoms with Crippen molar-refractivity contribution in [3.05, 3.63) is 109 Å². The summed E-state index contributed by atoms with van der Waals surface area (Å²) in [6.07, 6.45) is 6.15. The summed E-state index contributed by atoms with van der Waals surface area (Å²) in [5.41, 5.74) is 6.76. The molecule has 1 heterocycles. The van der Waals surface area contributed by atoms with Gasteiger partial charge in [-0.2, -0.15) is 0 Å². The number of para-hydroxylation sites is 2. The summed E-state index contributed by atoms with van der Waals surface area (Å²) in [7, 11) is 2.06. The third kappa shape index (κ3) is 6.97. The van der Waals surface area contributed by atoms with E-state index in [2.05, 4.69) is 108 Å². The summed E-state index contributed by atoms with van der Waals surface area (Å²) in [4.78, 5) is 6.89. The first-order chi connectivity index (χ1) is 19.7. The van der Waals surface area contributed by atoms with Crippen LogP contribution in [0.4, 0.5) is 11.4 Å². The number of amidine groups is 1. The molecule has 0 amide bonds. The summed E-state index contributed by atoms with van der Waals surface area (Å²) in [5.74, 6) is 2.03. The Kier molecular flexibility index (Phi) is 9.25. The maximum absolute atomic E-state index is 8.37. The van der Waals surface area contributed by atoms with Crippen LogP contribution in [0.3, 0.4) is 0 Å². The molecule has 3 N–H and O–H groups in total. The number of hydrogen-bond acceptors (Lipinski definition) is 2. The predicted molar refractivity (Wildman–Crippen MR) is 169 cm³/mol. The molecule has 2 fully saturated rings. The molecule has 6 rings (SSSR count). The number of rotatable bonds is 5. The van der Waals surface area contributed by atoms with Crippen molar-refractivity contribution >= 4 is 23.2 Å². The van der Waals surface area contributed by atoms with E-state index in [0.717, 1.165) is 48.8 Å². The Morgan fingerprint density at radius 2 is 1.32 bits per heavy atom. The summed E-state index contributed by atoms with van der Waals surface area (Å²) >= 11 is 0. The van der Waals surface area contributed by atoms with E-state index in [0.29, 0.717) is 11.8 Å². The van der Waals surface area contributed by atoms with Crippen molar-refractivity contribution in [3.8, 4) is 22.3 Å². The number of benzene rings is 4. The molecule has 4 aromatic carbocycles. The molecule has 0 bridgehead atoms. The molecule has 40 heavy (non-hydrogen) atoms. The highest BCUT2D eigenvalue weighted by Gasteiger charge is 2.19. The van der Waals surface area contributed by atoms with Crippen LogP contribution in [0.1, 0.15) is 32.1 Å². The maximum atomic E-state index is 8.37. The van der Waals surface area contributed by atoms with Gasteiger partial charge in [0.15, 0.2) is 5.96 Å². The van der Waals surface area contributed by atoms with Crippen LogP contribution in [0.5, 0.6) is 0 Å². The zero-order valence-corrected chi connectivity index (χ0v) is 23.3.